The summed E-state index contributed by atoms with van der Waals surface area (Å²) in [5.74, 6) is 0.189. The summed E-state index contributed by atoms with van der Waals surface area (Å²) in [7, 11) is 0. The van der Waals surface area contributed by atoms with E-state index in [0.717, 1.165) is 21.9 Å². The highest BCUT2D eigenvalue weighted by molar-refractivity contribution is 5.94. The van der Waals surface area contributed by atoms with E-state index in [1.807, 2.05) is 48.5 Å². The number of nitrogens with zero attached hydrogens (tertiary/aromatic N) is 1. The van der Waals surface area contributed by atoms with Crippen molar-refractivity contribution < 1.29 is 4.39 Å². The zero-order valence-corrected chi connectivity index (χ0v) is 14.7. The van der Waals surface area contributed by atoms with Gasteiger partial charge in [-0.2, -0.15) is 0 Å². The van der Waals surface area contributed by atoms with Gasteiger partial charge in [-0.15, -0.1) is 0 Å². The van der Waals surface area contributed by atoms with Crippen molar-refractivity contribution in [1.29, 1.82) is 0 Å². The minimum atomic E-state index is -0.364. The summed E-state index contributed by atoms with van der Waals surface area (Å²) in [4.78, 5) is 22.7. The Bertz CT molecular complexity index is 1350. The first kappa shape index (κ1) is 16.3. The molecule has 0 amide bonds. The Hall–Kier alpha value is -3.93. The summed E-state index contributed by atoms with van der Waals surface area (Å²) in [5.41, 5.74) is 4.06. The van der Waals surface area contributed by atoms with Crippen LogP contribution in [0.15, 0.2) is 77.6 Å². The smallest absolute Gasteiger partial charge is 0.250 e. The molecule has 2 heterocycles. The molecule has 2 aromatic heterocycles. The fourth-order valence-corrected chi connectivity index (χ4v) is 3.35. The topological polar surface area (TPSA) is 73.6 Å². The number of hydrogen-bond acceptors (Lipinski definition) is 3. The van der Waals surface area contributed by atoms with Gasteiger partial charge in [0.2, 0.25) is 5.56 Å². The molecule has 0 saturated carbocycles. The quantitative estimate of drug-likeness (QED) is 0.420. The van der Waals surface area contributed by atoms with E-state index in [0.29, 0.717) is 22.8 Å². The van der Waals surface area contributed by atoms with Gasteiger partial charge in [0.25, 0.3) is 0 Å². The van der Waals surface area contributed by atoms with Crippen LogP contribution in [0.2, 0.25) is 0 Å². The van der Waals surface area contributed by atoms with Crippen LogP contribution in [0, 0.1) is 5.82 Å². The van der Waals surface area contributed by atoms with Crippen LogP contribution in [-0.2, 0) is 0 Å². The number of aromatic nitrogens is 3. The third-order valence-corrected chi connectivity index (χ3v) is 4.65. The number of H-pyrrole nitrogens is 2. The number of aromatic amines is 2. The van der Waals surface area contributed by atoms with Crippen molar-refractivity contribution in [2.75, 3.05) is 5.32 Å². The summed E-state index contributed by atoms with van der Waals surface area (Å²) >= 11 is 0. The highest BCUT2D eigenvalue weighted by Crippen LogP contribution is 2.32. The first-order valence-electron chi connectivity index (χ1n) is 8.81. The molecule has 0 saturated heterocycles. The third kappa shape index (κ3) is 2.81. The molecular formula is C22H15FN4O. The lowest BCUT2D eigenvalue weighted by Gasteiger charge is -2.13. The maximum absolute atomic E-state index is 14.0. The maximum Gasteiger partial charge on any atom is 0.250 e. The summed E-state index contributed by atoms with van der Waals surface area (Å²) in [6, 6.07) is 21.1. The summed E-state index contributed by atoms with van der Waals surface area (Å²) in [5, 5.41) is 4.14. The Morgan fingerprint density at radius 3 is 2.46 bits per heavy atom. The molecule has 5 aromatic rings. The van der Waals surface area contributed by atoms with Crippen LogP contribution < -0.4 is 10.9 Å². The van der Waals surface area contributed by atoms with Crippen molar-refractivity contribution in [1.82, 2.24) is 15.0 Å². The van der Waals surface area contributed by atoms with Gasteiger partial charge in [0.05, 0.1) is 22.2 Å². The molecule has 6 heteroatoms. The van der Waals surface area contributed by atoms with Gasteiger partial charge in [0.1, 0.15) is 11.6 Å². The number of nitrogens with one attached hydrogen (secondary N) is 3. The molecule has 5 rings (SSSR count). The van der Waals surface area contributed by atoms with Crippen LogP contribution in [0.5, 0.6) is 0 Å². The van der Waals surface area contributed by atoms with Gasteiger partial charge in [-0.05, 0) is 36.4 Å². The number of anilines is 2. The van der Waals surface area contributed by atoms with E-state index >= 15 is 0 Å². The summed E-state index contributed by atoms with van der Waals surface area (Å²) in [6.07, 6.45) is 0. The van der Waals surface area contributed by atoms with Crippen molar-refractivity contribution in [2.24, 2.45) is 0 Å². The van der Waals surface area contributed by atoms with Crippen molar-refractivity contribution in [3.63, 3.8) is 0 Å². The molecule has 0 spiro atoms. The van der Waals surface area contributed by atoms with Crippen LogP contribution in [0.3, 0.4) is 0 Å². The average Bonchev–Trinajstić information content (AvgIpc) is 3.13. The van der Waals surface area contributed by atoms with E-state index in [4.69, 9.17) is 0 Å². The summed E-state index contributed by atoms with van der Waals surface area (Å²) < 4.78 is 14.0. The van der Waals surface area contributed by atoms with Gasteiger partial charge in [-0.1, -0.05) is 30.3 Å². The molecule has 3 aromatic carbocycles. The molecule has 0 fully saturated rings. The highest BCUT2D eigenvalue weighted by atomic mass is 19.1. The van der Waals surface area contributed by atoms with E-state index in [1.165, 1.54) is 18.2 Å². The van der Waals surface area contributed by atoms with E-state index in [9.17, 15) is 9.18 Å². The van der Waals surface area contributed by atoms with E-state index < -0.39 is 0 Å². The van der Waals surface area contributed by atoms with Crippen LogP contribution in [-0.4, -0.2) is 15.0 Å². The van der Waals surface area contributed by atoms with Crippen LogP contribution in [0.4, 0.5) is 15.8 Å². The monoisotopic (exact) mass is 370 g/mol. The van der Waals surface area contributed by atoms with Crippen LogP contribution in [0.1, 0.15) is 0 Å². The molecule has 0 radical (unpaired) electrons. The summed E-state index contributed by atoms with van der Waals surface area (Å²) in [6.45, 7) is 0. The fraction of sp³-hybridized carbons (Fsp3) is 0. The lowest BCUT2D eigenvalue weighted by Crippen LogP contribution is -2.06. The molecule has 0 aliphatic rings. The lowest BCUT2D eigenvalue weighted by atomic mass is 10.1. The average molecular weight is 370 g/mol. The predicted octanol–water partition coefficient (Wildman–Crippen LogP) is 4.95. The second-order valence-corrected chi connectivity index (χ2v) is 6.51. The number of halogens is 1. The highest BCUT2D eigenvalue weighted by Gasteiger charge is 2.13. The Balaban J connectivity index is 1.67. The molecule has 136 valence electrons. The molecule has 0 atom stereocenters. The van der Waals surface area contributed by atoms with Crippen molar-refractivity contribution in [3.05, 3.63) is 89.0 Å². The Morgan fingerprint density at radius 2 is 1.61 bits per heavy atom. The maximum atomic E-state index is 14.0. The standard InChI is InChI=1S/C22H15FN4O/c23-13-9-10-17(15(11-13)22-26-18-7-3-4-8-19(18)27-22)24-20-12-21(28)25-16-6-2-1-5-14(16)20/h1-12H,(H,26,27)(H2,24,25,28). The Kier molecular flexibility index (Phi) is 3.69. The fourth-order valence-electron chi connectivity index (χ4n) is 3.35. The normalized spacial score (nSPS) is 11.2. The molecule has 3 N–H and O–H groups in total. The zero-order chi connectivity index (χ0) is 19.1. The lowest BCUT2D eigenvalue weighted by molar-refractivity contribution is 0.628. The van der Waals surface area contributed by atoms with Gasteiger partial charge >= 0.3 is 0 Å². The molecule has 28 heavy (non-hydrogen) atoms. The van der Waals surface area contributed by atoms with Crippen molar-refractivity contribution in [2.45, 2.75) is 0 Å². The van der Waals surface area contributed by atoms with Gasteiger partial charge < -0.3 is 15.3 Å². The number of rotatable bonds is 3. The van der Waals surface area contributed by atoms with Crippen molar-refractivity contribution >= 4 is 33.3 Å². The first-order chi connectivity index (χ1) is 13.7. The van der Waals surface area contributed by atoms with Crippen LogP contribution >= 0.6 is 0 Å². The number of para-hydroxylation sites is 3. The predicted molar refractivity (Wildman–Crippen MR) is 109 cm³/mol. The number of fused-ring (bicyclic) bond motifs is 2. The van der Waals surface area contributed by atoms with E-state index in [2.05, 4.69) is 20.3 Å². The third-order valence-electron chi connectivity index (χ3n) is 4.65. The molecule has 5 nitrogen and oxygen atoms in total. The minimum absolute atomic E-state index is 0.214. The Morgan fingerprint density at radius 1 is 0.821 bits per heavy atom. The SMILES string of the molecule is O=c1cc(Nc2ccc(F)cc2-c2nc3ccccc3[nH]2)c2ccccc2[nH]1. The molecular weight excluding hydrogens is 355 g/mol. The molecule has 0 bridgehead atoms. The zero-order valence-electron chi connectivity index (χ0n) is 14.7. The van der Waals surface area contributed by atoms with Crippen molar-refractivity contribution in [3.8, 4) is 11.4 Å². The second-order valence-electron chi connectivity index (χ2n) is 6.51. The molecule has 0 unspecified atom stereocenters. The van der Waals surface area contributed by atoms with Crippen LogP contribution in [0.25, 0.3) is 33.3 Å². The number of imidazole rings is 1. The van der Waals surface area contributed by atoms with E-state index in [-0.39, 0.29) is 11.4 Å². The Labute approximate surface area is 158 Å². The molecule has 0 aliphatic heterocycles. The number of pyridine rings is 1. The first-order valence-corrected chi connectivity index (χ1v) is 8.81. The van der Waals surface area contributed by atoms with Gasteiger partial charge in [-0.25, -0.2) is 9.37 Å². The van der Waals surface area contributed by atoms with Gasteiger partial charge in [0, 0.05) is 22.7 Å². The molecule has 0 aliphatic carbocycles. The van der Waals surface area contributed by atoms with Gasteiger partial charge in [0.15, 0.2) is 0 Å². The van der Waals surface area contributed by atoms with Gasteiger partial charge in [-0.3, -0.25) is 4.79 Å². The number of benzene rings is 3. The largest absolute Gasteiger partial charge is 0.354 e. The van der Waals surface area contributed by atoms with E-state index in [1.54, 1.807) is 6.07 Å². The number of hydrogen-bond donors (Lipinski definition) is 3. The minimum Gasteiger partial charge on any atom is -0.354 e. The second kappa shape index (κ2) is 6.35.